The van der Waals surface area contributed by atoms with E-state index in [1.165, 1.54) is 116 Å². The second kappa shape index (κ2) is 46.6. The molecule has 0 saturated heterocycles. The van der Waals surface area contributed by atoms with Crippen LogP contribution < -0.4 is 5.11 Å². The van der Waals surface area contributed by atoms with Crippen molar-refractivity contribution >= 4 is 17.9 Å². The van der Waals surface area contributed by atoms with Crippen molar-refractivity contribution in [1.82, 2.24) is 0 Å². The summed E-state index contributed by atoms with van der Waals surface area (Å²) in [6.45, 7) is 4.54. The smallest absolute Gasteiger partial charge is 0.306 e. The largest absolute Gasteiger partial charge is 0.544 e. The summed E-state index contributed by atoms with van der Waals surface area (Å²) in [6, 6.07) is -0.733. The molecule has 0 aromatic carbocycles. The summed E-state index contributed by atoms with van der Waals surface area (Å²) >= 11 is 0. The number of carbonyl (C=O) groups is 3. The molecule has 0 spiro atoms. The minimum Gasteiger partial charge on any atom is -0.544 e. The number of carbonyl (C=O) groups excluding carboxylic acids is 3. The molecule has 0 heterocycles. The molecule has 0 aliphatic carbocycles. The van der Waals surface area contributed by atoms with Gasteiger partial charge in [0.15, 0.2) is 6.10 Å². The van der Waals surface area contributed by atoms with Gasteiger partial charge in [0.2, 0.25) is 0 Å². The average Bonchev–Trinajstić information content (AvgIpc) is 3.26. The highest BCUT2D eigenvalue weighted by Gasteiger charge is 2.25. The molecule has 64 heavy (non-hydrogen) atoms. The van der Waals surface area contributed by atoms with Crippen molar-refractivity contribution in [2.75, 3.05) is 41.0 Å². The zero-order chi connectivity index (χ0) is 47.0. The van der Waals surface area contributed by atoms with Crippen molar-refractivity contribution in [2.24, 2.45) is 0 Å². The molecule has 0 saturated carbocycles. The number of quaternary nitrogens is 1. The summed E-state index contributed by atoms with van der Waals surface area (Å²) in [7, 11) is 5.41. The molecule has 0 fully saturated rings. The normalized spacial score (nSPS) is 13.3. The lowest BCUT2D eigenvalue weighted by atomic mass is 10.0. The van der Waals surface area contributed by atoms with Crippen molar-refractivity contribution in [1.29, 1.82) is 0 Å². The van der Waals surface area contributed by atoms with E-state index in [1.54, 1.807) is 21.1 Å². The average molecular weight is 898 g/mol. The van der Waals surface area contributed by atoms with Crippen molar-refractivity contribution in [2.45, 2.75) is 238 Å². The second-order valence-corrected chi connectivity index (χ2v) is 18.7. The van der Waals surface area contributed by atoms with Gasteiger partial charge in [0, 0.05) is 19.3 Å². The molecule has 0 aromatic rings. The molecule has 0 aliphatic heterocycles. The number of carboxylic acids is 1. The first-order valence-electron chi connectivity index (χ1n) is 26.3. The SMILES string of the molecule is CC/C=C/C/C=C/C/C=C/C/C=C/C/C=C/CCCCCC(=O)OCC(COCCC(C(=O)[O-])[N+](C)(C)C)OC(=O)CCCCCCCCCCCCCCCCCCCCCCC. The van der Waals surface area contributed by atoms with Crippen LogP contribution in [0.15, 0.2) is 60.8 Å². The van der Waals surface area contributed by atoms with E-state index >= 15 is 0 Å². The second-order valence-electron chi connectivity index (χ2n) is 18.7. The maximum absolute atomic E-state index is 12.8. The quantitative estimate of drug-likeness (QED) is 0.0259. The molecule has 0 amide bonds. The summed E-state index contributed by atoms with van der Waals surface area (Å²) in [5.41, 5.74) is 0. The van der Waals surface area contributed by atoms with E-state index in [2.05, 4.69) is 74.6 Å². The Labute approximate surface area is 394 Å². The molecule has 0 radical (unpaired) electrons. The standard InChI is InChI=1S/C56H99NO7/c1-6-8-10-12-14-16-18-20-22-24-26-27-29-31-33-35-37-39-41-43-45-47-55(59)64-52(50-62-49-48-53(56(60)61)57(3,4)5)51-63-54(58)46-44-42-40-38-36-34-32-30-28-25-23-21-19-17-15-13-11-9-7-2/h9,11,15,17,21,23,28,30,34,36,52-53H,6-8,10,12-14,16,18-20,22,24-27,29,31-33,35,37-51H2,1-5H3/b11-9+,17-15+,23-21+,30-28+,36-34+. The van der Waals surface area contributed by atoms with Crippen LogP contribution in [0.4, 0.5) is 0 Å². The van der Waals surface area contributed by atoms with Gasteiger partial charge in [-0.15, -0.1) is 0 Å². The molecule has 0 N–H and O–H groups in total. The molecule has 2 unspecified atom stereocenters. The van der Waals surface area contributed by atoms with Gasteiger partial charge < -0.3 is 28.6 Å². The summed E-state index contributed by atoms with van der Waals surface area (Å²) in [4.78, 5) is 37.1. The Balaban J connectivity index is 4.27. The third kappa shape index (κ3) is 44.2. The number of likely N-dealkylation sites (N-methyl/N-ethyl adjacent to an activating group) is 1. The molecule has 8 nitrogen and oxygen atoms in total. The topological polar surface area (TPSA) is 102 Å². The zero-order valence-electron chi connectivity index (χ0n) is 42.2. The molecule has 8 heteroatoms. The lowest BCUT2D eigenvalue weighted by molar-refractivity contribution is -0.889. The maximum Gasteiger partial charge on any atom is 0.306 e. The molecule has 0 aromatic heterocycles. The van der Waals surface area contributed by atoms with Crippen LogP contribution in [0, 0.1) is 0 Å². The Kier molecular flexibility index (Phi) is 44.4. The number of carboxylic acid groups (broad SMARTS) is 1. The summed E-state index contributed by atoms with van der Waals surface area (Å²) in [5.74, 6) is -1.77. The van der Waals surface area contributed by atoms with Crippen molar-refractivity contribution in [3.8, 4) is 0 Å². The number of hydrogen-bond acceptors (Lipinski definition) is 7. The van der Waals surface area contributed by atoms with Crippen LogP contribution in [-0.4, -0.2) is 75.5 Å². The minimum absolute atomic E-state index is 0.0302. The lowest BCUT2D eigenvalue weighted by Crippen LogP contribution is -2.55. The first-order valence-corrected chi connectivity index (χ1v) is 26.3. The molecular weight excluding hydrogens is 799 g/mol. The summed E-state index contributed by atoms with van der Waals surface area (Å²) < 4.78 is 17.2. The van der Waals surface area contributed by atoms with Crippen LogP contribution in [0.25, 0.3) is 0 Å². The highest BCUT2D eigenvalue weighted by atomic mass is 16.6. The van der Waals surface area contributed by atoms with Crippen molar-refractivity contribution in [3.05, 3.63) is 60.8 Å². The van der Waals surface area contributed by atoms with Gasteiger partial charge in [-0.3, -0.25) is 9.59 Å². The molecule has 2 atom stereocenters. The fourth-order valence-corrected chi connectivity index (χ4v) is 7.63. The highest BCUT2D eigenvalue weighted by Crippen LogP contribution is 2.16. The Hall–Kier alpha value is -2.97. The highest BCUT2D eigenvalue weighted by molar-refractivity contribution is 5.70. The fourth-order valence-electron chi connectivity index (χ4n) is 7.63. The Morgan fingerprint density at radius 1 is 0.484 bits per heavy atom. The van der Waals surface area contributed by atoms with Crippen LogP contribution in [0.1, 0.15) is 226 Å². The number of aliphatic carboxylic acids is 1. The first kappa shape index (κ1) is 61.0. The molecule has 0 rings (SSSR count). The third-order valence-corrected chi connectivity index (χ3v) is 11.7. The van der Waals surface area contributed by atoms with Crippen LogP contribution in [0.2, 0.25) is 0 Å². The molecule has 0 aliphatic rings. The summed E-state index contributed by atoms with van der Waals surface area (Å²) in [5, 5.41) is 11.7. The Morgan fingerprint density at radius 3 is 1.30 bits per heavy atom. The van der Waals surface area contributed by atoms with Gasteiger partial charge in [0.05, 0.1) is 40.3 Å². The number of unbranched alkanes of at least 4 members (excludes halogenated alkanes) is 23. The fraction of sp³-hybridized carbons (Fsp3) is 0.768. The van der Waals surface area contributed by atoms with Gasteiger partial charge in [0.1, 0.15) is 12.6 Å². The van der Waals surface area contributed by atoms with E-state index in [0.717, 1.165) is 77.0 Å². The number of nitrogens with zero attached hydrogens (tertiary/aromatic N) is 1. The number of hydrogen-bond donors (Lipinski definition) is 0. The first-order chi connectivity index (χ1) is 31.1. The number of allylic oxidation sites excluding steroid dienone is 10. The molecule has 0 bridgehead atoms. The van der Waals surface area contributed by atoms with E-state index in [4.69, 9.17) is 14.2 Å². The van der Waals surface area contributed by atoms with Crippen LogP contribution >= 0.6 is 0 Å². The Morgan fingerprint density at radius 2 is 0.875 bits per heavy atom. The predicted molar refractivity (Wildman–Crippen MR) is 268 cm³/mol. The van der Waals surface area contributed by atoms with Gasteiger partial charge in [-0.25, -0.2) is 0 Å². The van der Waals surface area contributed by atoms with E-state index in [1.807, 2.05) is 0 Å². The van der Waals surface area contributed by atoms with E-state index in [0.29, 0.717) is 12.8 Å². The van der Waals surface area contributed by atoms with E-state index < -0.39 is 18.1 Å². The van der Waals surface area contributed by atoms with E-state index in [-0.39, 0.29) is 42.7 Å². The molecule has 370 valence electrons. The van der Waals surface area contributed by atoms with Gasteiger partial charge in [-0.1, -0.05) is 209 Å². The monoisotopic (exact) mass is 898 g/mol. The minimum atomic E-state index is -1.13. The number of rotatable bonds is 47. The number of esters is 2. The lowest BCUT2D eigenvalue weighted by Gasteiger charge is -2.34. The van der Waals surface area contributed by atoms with Gasteiger partial charge in [-0.2, -0.15) is 0 Å². The van der Waals surface area contributed by atoms with Crippen molar-refractivity contribution in [3.63, 3.8) is 0 Å². The third-order valence-electron chi connectivity index (χ3n) is 11.7. The van der Waals surface area contributed by atoms with Crippen LogP contribution in [-0.2, 0) is 28.6 Å². The van der Waals surface area contributed by atoms with Crippen LogP contribution in [0.5, 0.6) is 0 Å². The van der Waals surface area contributed by atoms with Crippen molar-refractivity contribution < 1.29 is 38.2 Å². The summed E-state index contributed by atoms with van der Waals surface area (Å²) in [6.07, 6.45) is 58.3. The molecular formula is C56H99NO7. The van der Waals surface area contributed by atoms with Gasteiger partial charge >= 0.3 is 11.9 Å². The maximum atomic E-state index is 12.8. The Bertz CT molecular complexity index is 1230. The predicted octanol–water partition coefficient (Wildman–Crippen LogP) is 14.0. The zero-order valence-corrected chi connectivity index (χ0v) is 42.2. The van der Waals surface area contributed by atoms with Crippen LogP contribution in [0.3, 0.4) is 0 Å². The van der Waals surface area contributed by atoms with Gasteiger partial charge in [-0.05, 0) is 57.8 Å². The van der Waals surface area contributed by atoms with Gasteiger partial charge in [0.25, 0.3) is 0 Å². The van der Waals surface area contributed by atoms with E-state index in [9.17, 15) is 19.5 Å². The number of ether oxygens (including phenoxy) is 3.